The van der Waals surface area contributed by atoms with Crippen LogP contribution in [0.1, 0.15) is 35.2 Å². The lowest BCUT2D eigenvalue weighted by atomic mass is 9.69. The number of nitrogens with one attached hydrogen (secondary N) is 1. The van der Waals surface area contributed by atoms with Crippen LogP contribution in [-0.4, -0.2) is 23.5 Å². The van der Waals surface area contributed by atoms with Crippen molar-refractivity contribution in [1.82, 2.24) is 5.32 Å². The fourth-order valence-electron chi connectivity index (χ4n) is 2.21. The van der Waals surface area contributed by atoms with Crippen LogP contribution in [-0.2, 0) is 4.79 Å². The maximum atomic E-state index is 12.0. The molecule has 0 radical (unpaired) electrons. The van der Waals surface area contributed by atoms with Crippen LogP contribution in [0, 0.1) is 12.3 Å². The van der Waals surface area contributed by atoms with Crippen LogP contribution in [0.4, 0.5) is 0 Å². The molecular weight excluding hydrogens is 310 g/mol. The molecule has 0 spiro atoms. The number of carboxylic acid groups (broad SMARTS) is 1. The largest absolute Gasteiger partial charge is 0.481 e. The van der Waals surface area contributed by atoms with E-state index in [2.05, 4.69) is 21.2 Å². The van der Waals surface area contributed by atoms with Gasteiger partial charge >= 0.3 is 5.97 Å². The second-order valence-corrected chi connectivity index (χ2v) is 5.94. The number of carboxylic acids is 1. The summed E-state index contributed by atoms with van der Waals surface area (Å²) in [6, 6.07) is 5.33. The third-order valence-electron chi connectivity index (χ3n) is 3.77. The van der Waals surface area contributed by atoms with Crippen molar-refractivity contribution in [3.63, 3.8) is 0 Å². The van der Waals surface area contributed by atoms with Crippen LogP contribution in [0.5, 0.6) is 0 Å². The third kappa shape index (κ3) is 2.81. The molecule has 2 rings (SSSR count). The minimum Gasteiger partial charge on any atom is -0.481 e. The standard InChI is InChI=1S/C14H16BrNO3/c1-9-7-10(3-4-11(9)15)12(17)16-8-14(13(18)19)5-2-6-14/h3-4,7H,2,5-6,8H2,1H3,(H,16,17)(H,18,19). The molecule has 4 nitrogen and oxygen atoms in total. The van der Waals surface area contributed by atoms with Crippen LogP contribution in [0.2, 0.25) is 0 Å². The first-order chi connectivity index (χ1) is 8.94. The average molecular weight is 326 g/mol. The van der Waals surface area contributed by atoms with Gasteiger partial charge in [0.1, 0.15) is 0 Å². The Labute approximate surface area is 120 Å². The van der Waals surface area contributed by atoms with Crippen molar-refractivity contribution < 1.29 is 14.7 Å². The molecule has 0 heterocycles. The first-order valence-electron chi connectivity index (χ1n) is 6.22. The fraction of sp³-hybridized carbons (Fsp3) is 0.429. The number of benzene rings is 1. The Hall–Kier alpha value is -1.36. The van der Waals surface area contributed by atoms with Crippen molar-refractivity contribution in [2.24, 2.45) is 5.41 Å². The monoisotopic (exact) mass is 325 g/mol. The summed E-state index contributed by atoms with van der Waals surface area (Å²) in [5, 5.41) is 11.9. The van der Waals surface area contributed by atoms with Crippen molar-refractivity contribution in [1.29, 1.82) is 0 Å². The first-order valence-corrected chi connectivity index (χ1v) is 7.02. The Bertz CT molecular complexity index is 523. The molecule has 1 aromatic rings. The van der Waals surface area contributed by atoms with Crippen molar-refractivity contribution in [2.45, 2.75) is 26.2 Å². The lowest BCUT2D eigenvalue weighted by molar-refractivity contribution is -0.153. The van der Waals surface area contributed by atoms with E-state index in [0.29, 0.717) is 18.4 Å². The zero-order chi connectivity index (χ0) is 14.0. The lowest BCUT2D eigenvalue weighted by Gasteiger charge is -2.37. The first kappa shape index (κ1) is 14.1. The molecule has 0 bridgehead atoms. The van der Waals surface area contributed by atoms with Crippen LogP contribution in [0.3, 0.4) is 0 Å². The molecule has 2 N–H and O–H groups in total. The molecule has 5 heteroatoms. The van der Waals surface area contributed by atoms with Gasteiger partial charge in [-0.3, -0.25) is 9.59 Å². The van der Waals surface area contributed by atoms with E-state index in [-0.39, 0.29) is 12.5 Å². The second kappa shape index (κ2) is 5.33. The molecule has 1 aliphatic carbocycles. The molecule has 19 heavy (non-hydrogen) atoms. The van der Waals surface area contributed by atoms with E-state index in [1.165, 1.54) is 0 Å². The van der Waals surface area contributed by atoms with Gasteiger partial charge in [0.05, 0.1) is 5.41 Å². The number of hydrogen-bond donors (Lipinski definition) is 2. The van der Waals surface area contributed by atoms with Crippen molar-refractivity contribution in [2.75, 3.05) is 6.54 Å². The summed E-state index contributed by atoms with van der Waals surface area (Å²) < 4.78 is 0.949. The van der Waals surface area contributed by atoms with E-state index >= 15 is 0 Å². The van der Waals surface area contributed by atoms with Crippen molar-refractivity contribution >= 4 is 27.8 Å². The van der Waals surface area contributed by atoms with Gasteiger partial charge in [-0.25, -0.2) is 0 Å². The quantitative estimate of drug-likeness (QED) is 0.894. The molecule has 1 aromatic carbocycles. The minimum atomic E-state index is -0.814. The predicted molar refractivity (Wildman–Crippen MR) is 75.1 cm³/mol. The molecule has 1 aliphatic rings. The summed E-state index contributed by atoms with van der Waals surface area (Å²) in [7, 11) is 0. The highest BCUT2D eigenvalue weighted by Gasteiger charge is 2.44. The zero-order valence-corrected chi connectivity index (χ0v) is 12.3. The average Bonchev–Trinajstić information content (AvgIpc) is 2.30. The van der Waals surface area contributed by atoms with E-state index in [9.17, 15) is 14.7 Å². The van der Waals surface area contributed by atoms with Crippen molar-refractivity contribution in [3.05, 3.63) is 33.8 Å². The van der Waals surface area contributed by atoms with Gasteiger partial charge in [0, 0.05) is 16.6 Å². The molecule has 0 saturated heterocycles. The topological polar surface area (TPSA) is 66.4 Å². The van der Waals surface area contributed by atoms with Crippen LogP contribution in [0.15, 0.2) is 22.7 Å². The summed E-state index contributed by atoms with van der Waals surface area (Å²) in [5.41, 5.74) is 0.782. The van der Waals surface area contributed by atoms with E-state index < -0.39 is 11.4 Å². The van der Waals surface area contributed by atoms with Crippen LogP contribution in [0.25, 0.3) is 0 Å². The van der Waals surface area contributed by atoms with Gasteiger partial charge < -0.3 is 10.4 Å². The Balaban J connectivity index is 2.01. The highest BCUT2D eigenvalue weighted by molar-refractivity contribution is 9.10. The molecular formula is C14H16BrNO3. The molecule has 1 amide bonds. The predicted octanol–water partition coefficient (Wildman–Crippen LogP) is 2.74. The lowest BCUT2D eigenvalue weighted by Crippen LogP contribution is -2.47. The van der Waals surface area contributed by atoms with Gasteiger partial charge in [0.2, 0.25) is 0 Å². The Kier molecular flexibility index (Phi) is 3.94. The Morgan fingerprint density at radius 2 is 2.11 bits per heavy atom. The number of rotatable bonds is 4. The minimum absolute atomic E-state index is 0.205. The molecule has 0 aliphatic heterocycles. The number of aliphatic carboxylic acids is 1. The smallest absolute Gasteiger partial charge is 0.311 e. The number of hydrogen-bond acceptors (Lipinski definition) is 2. The van der Waals surface area contributed by atoms with Gasteiger partial charge in [0.15, 0.2) is 0 Å². The van der Waals surface area contributed by atoms with Crippen molar-refractivity contribution in [3.8, 4) is 0 Å². The Morgan fingerprint density at radius 3 is 2.58 bits per heavy atom. The fourth-order valence-corrected chi connectivity index (χ4v) is 2.45. The SMILES string of the molecule is Cc1cc(C(=O)NCC2(C(=O)O)CCC2)ccc1Br. The summed E-state index contributed by atoms with van der Waals surface area (Å²) in [5.74, 6) is -1.03. The highest BCUT2D eigenvalue weighted by atomic mass is 79.9. The van der Waals surface area contributed by atoms with E-state index in [1.807, 2.05) is 13.0 Å². The molecule has 0 unspecified atom stereocenters. The summed E-state index contributed by atoms with van der Waals surface area (Å²) >= 11 is 3.38. The number of carbonyl (C=O) groups excluding carboxylic acids is 1. The van der Waals surface area contributed by atoms with Gasteiger partial charge in [-0.15, -0.1) is 0 Å². The van der Waals surface area contributed by atoms with Crippen LogP contribution < -0.4 is 5.32 Å². The summed E-state index contributed by atoms with van der Waals surface area (Å²) in [6.45, 7) is 2.11. The maximum Gasteiger partial charge on any atom is 0.311 e. The summed E-state index contributed by atoms with van der Waals surface area (Å²) in [4.78, 5) is 23.2. The number of halogens is 1. The van der Waals surface area contributed by atoms with E-state index in [1.54, 1.807) is 12.1 Å². The van der Waals surface area contributed by atoms with Gasteiger partial charge in [-0.1, -0.05) is 22.4 Å². The molecule has 102 valence electrons. The molecule has 1 fully saturated rings. The van der Waals surface area contributed by atoms with Crippen LogP contribution >= 0.6 is 15.9 Å². The Morgan fingerprint density at radius 1 is 1.42 bits per heavy atom. The normalized spacial score (nSPS) is 16.5. The van der Waals surface area contributed by atoms with Gasteiger partial charge in [-0.05, 0) is 43.5 Å². The summed E-state index contributed by atoms with van der Waals surface area (Å²) in [6.07, 6.45) is 2.20. The van der Waals surface area contributed by atoms with Gasteiger partial charge in [-0.2, -0.15) is 0 Å². The second-order valence-electron chi connectivity index (χ2n) is 5.09. The molecule has 1 saturated carbocycles. The van der Waals surface area contributed by atoms with E-state index in [4.69, 9.17) is 0 Å². The molecule has 0 aromatic heterocycles. The maximum absolute atomic E-state index is 12.0. The molecule has 0 atom stereocenters. The zero-order valence-electron chi connectivity index (χ0n) is 10.7. The van der Waals surface area contributed by atoms with E-state index in [0.717, 1.165) is 16.5 Å². The number of carbonyl (C=O) groups is 2. The highest BCUT2D eigenvalue weighted by Crippen LogP contribution is 2.40. The third-order valence-corrected chi connectivity index (χ3v) is 4.66. The van der Waals surface area contributed by atoms with Gasteiger partial charge in [0.25, 0.3) is 5.91 Å². The number of amides is 1. The number of aryl methyl sites for hydroxylation is 1.